The normalized spacial score (nSPS) is 25.0. The highest BCUT2D eigenvalue weighted by Gasteiger charge is 2.38. The number of hydrogen-bond acceptors (Lipinski definition) is 4. The van der Waals surface area contributed by atoms with E-state index in [-0.39, 0.29) is 0 Å². The molecule has 2 rings (SSSR count). The van der Waals surface area contributed by atoms with E-state index in [2.05, 4.69) is 10.2 Å². The van der Waals surface area contributed by atoms with Crippen molar-refractivity contribution in [1.29, 1.82) is 0 Å². The first-order valence-corrected chi connectivity index (χ1v) is 7.20. The molecule has 21 heavy (non-hydrogen) atoms. The Hall–Kier alpha value is -0.860. The highest BCUT2D eigenvalue weighted by molar-refractivity contribution is 5.73. The van der Waals surface area contributed by atoms with Gasteiger partial charge in [0.1, 0.15) is 0 Å². The summed E-state index contributed by atoms with van der Waals surface area (Å²) in [5.41, 5.74) is 0. The van der Waals surface area contributed by atoms with Gasteiger partial charge in [0.15, 0.2) is 0 Å². The van der Waals surface area contributed by atoms with E-state index in [9.17, 15) is 13.2 Å². The molecule has 2 heterocycles. The SMILES string of the molecule is O=C(O)C(F)(F)F.OCC1CCCN(C2CCNCC2)C1. The highest BCUT2D eigenvalue weighted by Crippen LogP contribution is 2.21. The Balaban J connectivity index is 0.000000270. The number of aliphatic hydroxyl groups is 1. The number of rotatable bonds is 2. The second kappa shape index (κ2) is 8.55. The monoisotopic (exact) mass is 312 g/mol. The maximum atomic E-state index is 10.6. The third kappa shape index (κ3) is 6.62. The molecule has 5 nitrogen and oxygen atoms in total. The molecule has 0 aromatic heterocycles. The maximum absolute atomic E-state index is 10.6. The Kier molecular flexibility index (Phi) is 7.41. The van der Waals surface area contributed by atoms with Crippen molar-refractivity contribution in [3.05, 3.63) is 0 Å². The maximum Gasteiger partial charge on any atom is 0.490 e. The van der Waals surface area contributed by atoms with Crippen molar-refractivity contribution in [2.24, 2.45) is 5.92 Å². The van der Waals surface area contributed by atoms with Crippen LogP contribution in [0.2, 0.25) is 0 Å². The zero-order valence-electron chi connectivity index (χ0n) is 11.9. The number of carbonyl (C=O) groups is 1. The fourth-order valence-corrected chi connectivity index (χ4v) is 2.75. The van der Waals surface area contributed by atoms with Crippen LogP contribution in [-0.2, 0) is 4.79 Å². The number of piperidine rings is 2. The molecule has 2 aliphatic heterocycles. The molecule has 0 aromatic carbocycles. The average molecular weight is 312 g/mol. The van der Waals surface area contributed by atoms with Crippen LogP contribution in [0.3, 0.4) is 0 Å². The van der Waals surface area contributed by atoms with Crippen LogP contribution in [0.1, 0.15) is 25.7 Å². The van der Waals surface area contributed by atoms with Gasteiger partial charge in [0, 0.05) is 19.2 Å². The Labute approximate surface area is 122 Å². The van der Waals surface area contributed by atoms with Gasteiger partial charge in [-0.25, -0.2) is 4.79 Å². The van der Waals surface area contributed by atoms with Gasteiger partial charge in [0.05, 0.1) is 0 Å². The van der Waals surface area contributed by atoms with Crippen molar-refractivity contribution >= 4 is 5.97 Å². The molecule has 0 saturated carbocycles. The Morgan fingerprint density at radius 1 is 1.24 bits per heavy atom. The molecule has 0 radical (unpaired) electrons. The lowest BCUT2D eigenvalue weighted by Gasteiger charge is -2.39. The number of carboxylic acid groups (broad SMARTS) is 1. The molecule has 8 heteroatoms. The number of likely N-dealkylation sites (tertiary alicyclic amines) is 1. The van der Waals surface area contributed by atoms with Gasteiger partial charge in [-0.3, -0.25) is 4.90 Å². The fraction of sp³-hybridized carbons (Fsp3) is 0.923. The van der Waals surface area contributed by atoms with Crippen LogP contribution in [0, 0.1) is 5.92 Å². The molecule has 0 aromatic rings. The lowest BCUT2D eigenvalue weighted by molar-refractivity contribution is -0.192. The highest BCUT2D eigenvalue weighted by atomic mass is 19.4. The molecule has 2 fully saturated rings. The van der Waals surface area contributed by atoms with Gasteiger partial charge in [-0.1, -0.05) is 0 Å². The fourth-order valence-electron chi connectivity index (χ4n) is 2.75. The molecule has 2 aliphatic rings. The zero-order valence-corrected chi connectivity index (χ0v) is 11.9. The first kappa shape index (κ1) is 18.2. The molecule has 3 N–H and O–H groups in total. The number of aliphatic carboxylic acids is 1. The Morgan fingerprint density at radius 3 is 2.29 bits per heavy atom. The van der Waals surface area contributed by atoms with Crippen LogP contribution >= 0.6 is 0 Å². The minimum absolute atomic E-state index is 0.376. The first-order valence-electron chi connectivity index (χ1n) is 7.20. The van der Waals surface area contributed by atoms with Crippen LogP contribution in [-0.4, -0.2) is 66.1 Å². The van der Waals surface area contributed by atoms with Crippen LogP contribution in [0.4, 0.5) is 13.2 Å². The predicted octanol–water partition coefficient (Wildman–Crippen LogP) is 1.08. The molecule has 0 aliphatic carbocycles. The summed E-state index contributed by atoms with van der Waals surface area (Å²) in [7, 11) is 0. The van der Waals surface area contributed by atoms with Gasteiger partial charge >= 0.3 is 12.1 Å². The van der Waals surface area contributed by atoms with Crippen molar-refractivity contribution < 1.29 is 28.2 Å². The minimum Gasteiger partial charge on any atom is -0.475 e. The van der Waals surface area contributed by atoms with Crippen LogP contribution in [0.15, 0.2) is 0 Å². The number of nitrogens with zero attached hydrogens (tertiary/aromatic N) is 1. The lowest BCUT2D eigenvalue weighted by atomic mass is 9.95. The quantitative estimate of drug-likeness (QED) is 0.711. The van der Waals surface area contributed by atoms with Crippen LogP contribution in [0.5, 0.6) is 0 Å². The Bertz CT molecular complexity index is 320. The minimum atomic E-state index is -5.08. The van der Waals surface area contributed by atoms with Gasteiger partial charge in [0.2, 0.25) is 0 Å². The van der Waals surface area contributed by atoms with Crippen LogP contribution in [0.25, 0.3) is 0 Å². The average Bonchev–Trinajstić information content (AvgIpc) is 2.48. The third-order valence-corrected chi connectivity index (χ3v) is 3.88. The molecule has 0 amide bonds. The van der Waals surface area contributed by atoms with Gasteiger partial charge in [-0.05, 0) is 51.2 Å². The van der Waals surface area contributed by atoms with Crippen molar-refractivity contribution in [2.75, 3.05) is 32.8 Å². The number of halogens is 3. The molecule has 0 bridgehead atoms. The predicted molar refractivity (Wildman–Crippen MR) is 71.0 cm³/mol. The number of carboxylic acids is 1. The van der Waals surface area contributed by atoms with E-state index in [1.54, 1.807) is 0 Å². The summed E-state index contributed by atoms with van der Waals surface area (Å²) in [4.78, 5) is 11.5. The summed E-state index contributed by atoms with van der Waals surface area (Å²) < 4.78 is 31.7. The number of alkyl halides is 3. The molecule has 0 spiro atoms. The second-order valence-corrected chi connectivity index (χ2v) is 5.47. The summed E-state index contributed by atoms with van der Waals surface area (Å²) in [6.45, 7) is 5.10. The standard InChI is InChI=1S/C11H22N2O.C2HF3O2/c14-9-10-2-1-7-13(8-10)11-3-5-12-6-4-11;3-2(4,5)1(6)7/h10-12,14H,1-9H2;(H,6,7). The van der Waals surface area contributed by atoms with E-state index in [1.165, 1.54) is 45.3 Å². The summed E-state index contributed by atoms with van der Waals surface area (Å²) in [5.74, 6) is -2.22. The van der Waals surface area contributed by atoms with Crippen molar-refractivity contribution in [3.8, 4) is 0 Å². The topological polar surface area (TPSA) is 72.8 Å². The van der Waals surface area contributed by atoms with E-state index in [1.807, 2.05) is 0 Å². The largest absolute Gasteiger partial charge is 0.490 e. The van der Waals surface area contributed by atoms with Gasteiger partial charge in [-0.2, -0.15) is 13.2 Å². The summed E-state index contributed by atoms with van der Waals surface area (Å²) in [6, 6.07) is 0.783. The van der Waals surface area contributed by atoms with E-state index in [4.69, 9.17) is 15.0 Å². The van der Waals surface area contributed by atoms with Crippen molar-refractivity contribution in [3.63, 3.8) is 0 Å². The number of hydrogen-bond donors (Lipinski definition) is 3. The van der Waals surface area contributed by atoms with E-state index in [0.717, 1.165) is 12.6 Å². The smallest absolute Gasteiger partial charge is 0.475 e. The number of aliphatic hydroxyl groups excluding tert-OH is 1. The van der Waals surface area contributed by atoms with E-state index >= 15 is 0 Å². The lowest BCUT2D eigenvalue weighted by Crippen LogP contribution is -2.47. The first-order chi connectivity index (χ1) is 9.84. The molecule has 124 valence electrons. The van der Waals surface area contributed by atoms with Crippen LogP contribution < -0.4 is 5.32 Å². The van der Waals surface area contributed by atoms with Gasteiger partial charge < -0.3 is 15.5 Å². The van der Waals surface area contributed by atoms with Gasteiger partial charge in [0.25, 0.3) is 0 Å². The van der Waals surface area contributed by atoms with E-state index < -0.39 is 12.1 Å². The van der Waals surface area contributed by atoms with Gasteiger partial charge in [-0.15, -0.1) is 0 Å². The zero-order chi connectivity index (χ0) is 15.9. The molecular formula is C13H23F3N2O3. The third-order valence-electron chi connectivity index (χ3n) is 3.88. The summed E-state index contributed by atoms with van der Waals surface area (Å²) in [6.07, 6.45) is -0.0105. The molecule has 1 atom stereocenters. The van der Waals surface area contributed by atoms with Crippen molar-refractivity contribution in [1.82, 2.24) is 10.2 Å². The summed E-state index contributed by atoms with van der Waals surface area (Å²) >= 11 is 0. The molecular weight excluding hydrogens is 289 g/mol. The second-order valence-electron chi connectivity index (χ2n) is 5.47. The van der Waals surface area contributed by atoms with E-state index in [0.29, 0.717) is 12.5 Å². The van der Waals surface area contributed by atoms with Crippen molar-refractivity contribution in [2.45, 2.75) is 37.9 Å². The molecule has 1 unspecified atom stereocenters. The Morgan fingerprint density at radius 2 is 1.81 bits per heavy atom. The molecule has 2 saturated heterocycles. The summed E-state index contributed by atoms with van der Waals surface area (Å²) in [5, 5.41) is 19.7. The number of nitrogens with one attached hydrogen (secondary N) is 1.